The van der Waals surface area contributed by atoms with Crippen LogP contribution in [0.15, 0.2) is 70.2 Å². The molecule has 174 valence electrons. The highest BCUT2D eigenvalue weighted by molar-refractivity contribution is 7.98. The highest BCUT2D eigenvalue weighted by atomic mass is 32.2. The van der Waals surface area contributed by atoms with Gasteiger partial charge < -0.3 is 4.74 Å². The molecule has 0 radical (unpaired) electrons. The Bertz CT molecular complexity index is 1280. The van der Waals surface area contributed by atoms with E-state index in [1.807, 2.05) is 53.9 Å². The van der Waals surface area contributed by atoms with Crippen molar-refractivity contribution in [2.24, 2.45) is 5.10 Å². The van der Waals surface area contributed by atoms with E-state index in [1.165, 1.54) is 29.2 Å². The lowest BCUT2D eigenvalue weighted by Gasteiger charge is -2.10. The number of aromatic nitrogens is 3. The van der Waals surface area contributed by atoms with Gasteiger partial charge in [0.15, 0.2) is 5.16 Å². The SMILES string of the molecule is COc1ccc(C=NNc2nc(-c3ccccc3)cs2)cc1CSc1nc(C)cc(C(F)F)n1. The second-order valence-corrected chi connectivity index (χ2v) is 8.95. The summed E-state index contributed by atoms with van der Waals surface area (Å²) in [5, 5.41) is 7.26. The van der Waals surface area contributed by atoms with Crippen LogP contribution in [-0.2, 0) is 5.75 Å². The van der Waals surface area contributed by atoms with Gasteiger partial charge >= 0.3 is 0 Å². The molecule has 10 heteroatoms. The number of thioether (sulfide) groups is 1. The quantitative estimate of drug-likeness (QED) is 0.122. The van der Waals surface area contributed by atoms with Crippen molar-refractivity contribution in [1.29, 1.82) is 0 Å². The summed E-state index contributed by atoms with van der Waals surface area (Å²) < 4.78 is 31.5. The number of alkyl halides is 2. The zero-order chi connectivity index (χ0) is 23.9. The third kappa shape index (κ3) is 6.15. The molecule has 0 fully saturated rings. The molecule has 0 aliphatic rings. The Labute approximate surface area is 204 Å². The van der Waals surface area contributed by atoms with Crippen molar-refractivity contribution in [3.8, 4) is 17.0 Å². The number of hydrogen-bond donors (Lipinski definition) is 1. The van der Waals surface area contributed by atoms with Gasteiger partial charge in [-0.05, 0) is 36.8 Å². The summed E-state index contributed by atoms with van der Waals surface area (Å²) in [6, 6.07) is 16.9. The summed E-state index contributed by atoms with van der Waals surface area (Å²) in [6.45, 7) is 1.67. The molecule has 0 amide bonds. The summed E-state index contributed by atoms with van der Waals surface area (Å²) in [4.78, 5) is 12.8. The van der Waals surface area contributed by atoms with E-state index in [2.05, 4.69) is 25.5 Å². The fourth-order valence-electron chi connectivity index (χ4n) is 3.10. The maximum atomic E-state index is 13.0. The summed E-state index contributed by atoms with van der Waals surface area (Å²) in [5.41, 5.74) is 6.86. The maximum Gasteiger partial charge on any atom is 0.280 e. The topological polar surface area (TPSA) is 72.3 Å². The van der Waals surface area contributed by atoms with Crippen molar-refractivity contribution in [3.63, 3.8) is 0 Å². The van der Waals surface area contributed by atoms with E-state index >= 15 is 0 Å². The van der Waals surface area contributed by atoms with Crippen molar-refractivity contribution >= 4 is 34.4 Å². The number of rotatable bonds is 9. The lowest BCUT2D eigenvalue weighted by molar-refractivity contribution is 0.145. The van der Waals surface area contributed by atoms with Crippen LogP contribution in [0, 0.1) is 6.92 Å². The summed E-state index contributed by atoms with van der Waals surface area (Å²) in [6.07, 6.45) is -0.945. The largest absolute Gasteiger partial charge is 0.496 e. The maximum absolute atomic E-state index is 13.0. The number of ether oxygens (including phenoxy) is 1. The number of hydrogen-bond acceptors (Lipinski definition) is 8. The van der Waals surface area contributed by atoms with E-state index in [-0.39, 0.29) is 5.69 Å². The molecule has 0 saturated carbocycles. The van der Waals surface area contributed by atoms with Gasteiger partial charge in [-0.25, -0.2) is 23.7 Å². The van der Waals surface area contributed by atoms with Crippen LogP contribution in [0.2, 0.25) is 0 Å². The lowest BCUT2D eigenvalue weighted by atomic mass is 10.1. The summed E-state index contributed by atoms with van der Waals surface area (Å²) in [5.74, 6) is 1.14. The summed E-state index contributed by atoms with van der Waals surface area (Å²) in [7, 11) is 1.59. The molecule has 4 aromatic rings. The highest BCUT2D eigenvalue weighted by Gasteiger charge is 2.13. The Morgan fingerprint density at radius 1 is 1.12 bits per heavy atom. The first-order valence-electron chi connectivity index (χ1n) is 10.3. The molecule has 0 unspecified atom stereocenters. The van der Waals surface area contributed by atoms with E-state index in [0.29, 0.717) is 27.5 Å². The van der Waals surface area contributed by atoms with Crippen LogP contribution in [-0.4, -0.2) is 28.3 Å². The standard InChI is InChI=1S/C24H21F2N5OS2/c1-15-10-19(22(25)26)29-23(28-15)33-13-18-11-16(8-9-21(18)32-2)12-27-31-24-30-20(14-34-24)17-6-4-3-5-7-17/h3-12,14,22H,13H2,1-2H3,(H,30,31). The molecular weight excluding hydrogens is 476 g/mol. The predicted octanol–water partition coefficient (Wildman–Crippen LogP) is 6.59. The molecule has 2 aromatic heterocycles. The monoisotopic (exact) mass is 497 g/mol. The van der Waals surface area contributed by atoms with Crippen molar-refractivity contribution < 1.29 is 13.5 Å². The zero-order valence-electron chi connectivity index (χ0n) is 18.4. The average molecular weight is 498 g/mol. The molecule has 1 N–H and O–H groups in total. The van der Waals surface area contributed by atoms with Crippen molar-refractivity contribution in [1.82, 2.24) is 15.0 Å². The van der Waals surface area contributed by atoms with E-state index in [9.17, 15) is 8.78 Å². The molecule has 0 aliphatic carbocycles. The van der Waals surface area contributed by atoms with Crippen LogP contribution in [0.4, 0.5) is 13.9 Å². The second kappa shape index (κ2) is 11.2. The molecule has 0 spiro atoms. The first-order chi connectivity index (χ1) is 16.5. The third-order valence-corrected chi connectivity index (χ3v) is 6.33. The Balaban J connectivity index is 1.43. The Morgan fingerprint density at radius 3 is 2.71 bits per heavy atom. The van der Waals surface area contributed by atoms with Crippen molar-refractivity contribution in [2.45, 2.75) is 24.3 Å². The van der Waals surface area contributed by atoms with Crippen LogP contribution < -0.4 is 10.2 Å². The average Bonchev–Trinajstić information content (AvgIpc) is 3.32. The van der Waals surface area contributed by atoms with E-state index in [1.54, 1.807) is 20.2 Å². The Kier molecular flexibility index (Phi) is 7.81. The lowest BCUT2D eigenvalue weighted by Crippen LogP contribution is -1.99. The fraction of sp³-hybridized carbons (Fsp3) is 0.167. The number of nitrogens with zero attached hydrogens (tertiary/aromatic N) is 4. The first-order valence-corrected chi connectivity index (χ1v) is 12.1. The number of halogens is 2. The number of aryl methyl sites for hydroxylation is 1. The third-order valence-electron chi connectivity index (χ3n) is 4.69. The Hall–Kier alpha value is -3.37. The number of hydrazone groups is 1. The molecule has 0 atom stereocenters. The van der Waals surface area contributed by atoms with Crippen LogP contribution >= 0.6 is 23.1 Å². The van der Waals surface area contributed by atoms with Crippen LogP contribution in [0.1, 0.15) is 28.9 Å². The smallest absolute Gasteiger partial charge is 0.280 e. The Morgan fingerprint density at radius 2 is 1.94 bits per heavy atom. The molecular formula is C24H21F2N5OS2. The van der Waals surface area contributed by atoms with Gasteiger partial charge in [-0.1, -0.05) is 42.1 Å². The van der Waals surface area contributed by atoms with Gasteiger partial charge in [0.2, 0.25) is 5.13 Å². The van der Waals surface area contributed by atoms with E-state index in [0.717, 1.165) is 22.4 Å². The van der Waals surface area contributed by atoms with E-state index < -0.39 is 6.43 Å². The van der Waals surface area contributed by atoms with Gasteiger partial charge in [0.1, 0.15) is 11.4 Å². The molecule has 4 rings (SSSR count). The summed E-state index contributed by atoms with van der Waals surface area (Å²) >= 11 is 2.75. The van der Waals surface area contributed by atoms with E-state index in [4.69, 9.17) is 4.74 Å². The minimum Gasteiger partial charge on any atom is -0.496 e. The normalized spacial score (nSPS) is 11.3. The number of thiazole rings is 1. The number of benzene rings is 2. The zero-order valence-corrected chi connectivity index (χ0v) is 20.0. The van der Waals surface area contributed by atoms with Crippen LogP contribution in [0.5, 0.6) is 5.75 Å². The number of methoxy groups -OCH3 is 1. The number of nitrogens with one attached hydrogen (secondary N) is 1. The second-order valence-electron chi connectivity index (χ2n) is 7.15. The first kappa shape index (κ1) is 23.8. The number of anilines is 1. The minimum absolute atomic E-state index is 0.272. The van der Waals surface area contributed by atoms with Crippen LogP contribution in [0.3, 0.4) is 0 Å². The van der Waals surface area contributed by atoms with Crippen LogP contribution in [0.25, 0.3) is 11.3 Å². The van der Waals surface area contributed by atoms with Gasteiger partial charge in [-0.3, -0.25) is 5.43 Å². The van der Waals surface area contributed by atoms with Gasteiger partial charge in [0.05, 0.1) is 19.0 Å². The highest BCUT2D eigenvalue weighted by Crippen LogP contribution is 2.29. The van der Waals surface area contributed by atoms with Crippen molar-refractivity contribution in [3.05, 3.63) is 82.5 Å². The van der Waals surface area contributed by atoms with Gasteiger partial charge in [-0.15, -0.1) is 11.3 Å². The molecule has 2 aromatic carbocycles. The molecule has 6 nitrogen and oxygen atoms in total. The molecule has 34 heavy (non-hydrogen) atoms. The van der Waals surface area contributed by atoms with Gasteiger partial charge in [-0.2, -0.15) is 5.10 Å². The molecule has 0 saturated heterocycles. The molecule has 2 heterocycles. The van der Waals surface area contributed by atoms with Gasteiger partial charge in [0.25, 0.3) is 6.43 Å². The minimum atomic E-state index is -2.63. The van der Waals surface area contributed by atoms with Crippen molar-refractivity contribution in [2.75, 3.05) is 12.5 Å². The molecule has 0 aliphatic heterocycles. The fourth-order valence-corrected chi connectivity index (χ4v) is 4.66. The van der Waals surface area contributed by atoms with Gasteiger partial charge in [0, 0.05) is 28.0 Å². The predicted molar refractivity (Wildman–Crippen MR) is 133 cm³/mol. The molecule has 0 bridgehead atoms.